The van der Waals surface area contributed by atoms with E-state index in [1.807, 2.05) is 0 Å². The molecule has 0 aliphatic carbocycles. The van der Waals surface area contributed by atoms with E-state index in [-0.39, 0.29) is 12.1 Å². The lowest BCUT2D eigenvalue weighted by atomic mass is 10.1. The van der Waals surface area contributed by atoms with Crippen molar-refractivity contribution < 1.29 is 28.5 Å². The van der Waals surface area contributed by atoms with Crippen LogP contribution in [0.2, 0.25) is 0 Å². The van der Waals surface area contributed by atoms with Gasteiger partial charge in [-0.05, 0) is 20.8 Å². The maximum atomic E-state index is 11.3. The molecule has 1 aliphatic heterocycles. The Morgan fingerprint density at radius 3 is 2.33 bits per heavy atom. The molecule has 0 bridgehead atoms. The summed E-state index contributed by atoms with van der Waals surface area (Å²) in [6.45, 7) is 5.52. The van der Waals surface area contributed by atoms with E-state index in [0.29, 0.717) is 12.2 Å². The number of hydrogen-bond acceptors (Lipinski definition) is 6. The number of carbonyl (C=O) groups excluding carboxylic acids is 1. The van der Waals surface area contributed by atoms with Crippen LogP contribution >= 0.6 is 0 Å². The van der Waals surface area contributed by atoms with Crippen LogP contribution < -0.4 is 0 Å². The topological polar surface area (TPSA) is 63.2 Å². The Morgan fingerprint density at radius 1 is 1.19 bits per heavy atom. The molecule has 0 unspecified atom stereocenters. The average Bonchev–Trinajstić information content (AvgIpc) is 2.49. The van der Waals surface area contributed by atoms with Gasteiger partial charge in [-0.2, -0.15) is 0 Å². The van der Waals surface area contributed by atoms with Crippen LogP contribution in [0.3, 0.4) is 0 Å². The number of hydrogen-bond donors (Lipinski definition) is 0. The van der Waals surface area contributed by atoms with Gasteiger partial charge in [-0.3, -0.25) is 0 Å². The Labute approximate surface area is 125 Å². The Bertz CT molecular complexity index is 430. The minimum absolute atomic E-state index is 0.306. The third kappa shape index (κ3) is 3.91. The van der Waals surface area contributed by atoms with Crippen molar-refractivity contribution in [1.29, 1.82) is 0 Å². The third-order valence-corrected chi connectivity index (χ3v) is 3.68. The second-order valence-corrected chi connectivity index (χ2v) is 4.99. The van der Waals surface area contributed by atoms with Crippen molar-refractivity contribution in [2.24, 2.45) is 0 Å². The first-order valence-electron chi connectivity index (χ1n) is 6.67. The number of esters is 1. The number of ether oxygens (including phenoxy) is 5. The summed E-state index contributed by atoms with van der Waals surface area (Å²) in [5.74, 6) is -2.38. The molecular weight excluding hydrogens is 276 g/mol. The van der Waals surface area contributed by atoms with Crippen LogP contribution in [0.4, 0.5) is 0 Å². The molecule has 0 saturated carbocycles. The van der Waals surface area contributed by atoms with E-state index in [1.165, 1.54) is 14.2 Å². The van der Waals surface area contributed by atoms with Crippen molar-refractivity contribution in [2.75, 3.05) is 27.9 Å². The van der Waals surface area contributed by atoms with Gasteiger partial charge in [0.05, 0.1) is 13.7 Å². The van der Waals surface area contributed by atoms with Crippen LogP contribution in [-0.4, -0.2) is 51.6 Å². The van der Waals surface area contributed by atoms with Crippen LogP contribution in [0.15, 0.2) is 23.8 Å². The standard InChI is InChI=1S/C15H24O6/c1-11(13(16)17-4)8-7-9-12-10-20-14(2,18-5)15(3,19-6)21-12/h7-9,12H,10H2,1-6H3/b9-7+,11-8+/t12-,14+,15+/m0/s1. The Kier molecular flexibility index (Phi) is 6.10. The first-order chi connectivity index (χ1) is 9.81. The largest absolute Gasteiger partial charge is 0.466 e. The highest BCUT2D eigenvalue weighted by atomic mass is 16.8. The lowest BCUT2D eigenvalue weighted by molar-refractivity contribution is -0.425. The molecule has 0 N–H and O–H groups in total. The van der Waals surface area contributed by atoms with E-state index in [2.05, 4.69) is 4.74 Å². The quantitative estimate of drug-likeness (QED) is 0.438. The summed E-state index contributed by atoms with van der Waals surface area (Å²) in [6, 6.07) is 0. The minimum atomic E-state index is -1.03. The van der Waals surface area contributed by atoms with E-state index in [9.17, 15) is 4.79 Å². The van der Waals surface area contributed by atoms with Gasteiger partial charge in [-0.1, -0.05) is 18.2 Å². The molecule has 0 radical (unpaired) electrons. The van der Waals surface area contributed by atoms with Gasteiger partial charge in [0.2, 0.25) is 11.6 Å². The van der Waals surface area contributed by atoms with E-state index in [1.54, 1.807) is 46.1 Å². The zero-order valence-electron chi connectivity index (χ0n) is 13.5. The van der Waals surface area contributed by atoms with Gasteiger partial charge < -0.3 is 23.7 Å². The van der Waals surface area contributed by atoms with E-state index in [0.717, 1.165) is 0 Å². The molecule has 3 atom stereocenters. The first-order valence-corrected chi connectivity index (χ1v) is 6.67. The van der Waals surface area contributed by atoms with E-state index < -0.39 is 11.6 Å². The van der Waals surface area contributed by atoms with Gasteiger partial charge in [0.25, 0.3) is 0 Å². The fourth-order valence-electron chi connectivity index (χ4n) is 1.93. The Morgan fingerprint density at radius 2 is 1.81 bits per heavy atom. The van der Waals surface area contributed by atoms with Crippen LogP contribution in [0.1, 0.15) is 20.8 Å². The SMILES string of the molecule is COC(=O)/C(C)=C/C=C/[C@H]1CO[C@@](C)(OC)[C@](C)(OC)O1. The molecule has 1 aliphatic rings. The zero-order valence-corrected chi connectivity index (χ0v) is 13.5. The number of rotatable bonds is 5. The zero-order chi connectivity index (χ0) is 16.1. The number of methoxy groups -OCH3 is 3. The van der Waals surface area contributed by atoms with Crippen molar-refractivity contribution >= 4 is 5.97 Å². The van der Waals surface area contributed by atoms with Gasteiger partial charge in [0.1, 0.15) is 6.10 Å². The van der Waals surface area contributed by atoms with Crippen LogP contribution in [0.25, 0.3) is 0 Å². The van der Waals surface area contributed by atoms with Crippen molar-refractivity contribution in [3.63, 3.8) is 0 Å². The van der Waals surface area contributed by atoms with Crippen molar-refractivity contribution in [3.05, 3.63) is 23.8 Å². The minimum Gasteiger partial charge on any atom is -0.466 e. The highest BCUT2D eigenvalue weighted by Crippen LogP contribution is 2.36. The smallest absolute Gasteiger partial charge is 0.333 e. The molecular formula is C15H24O6. The van der Waals surface area contributed by atoms with Crippen LogP contribution in [0, 0.1) is 0 Å². The third-order valence-electron chi connectivity index (χ3n) is 3.68. The van der Waals surface area contributed by atoms with Gasteiger partial charge >= 0.3 is 5.97 Å². The maximum absolute atomic E-state index is 11.3. The van der Waals surface area contributed by atoms with Crippen molar-refractivity contribution in [3.8, 4) is 0 Å². The predicted molar refractivity (Wildman–Crippen MR) is 76.6 cm³/mol. The molecule has 1 saturated heterocycles. The second-order valence-electron chi connectivity index (χ2n) is 4.99. The molecule has 0 amide bonds. The fraction of sp³-hybridized carbons (Fsp3) is 0.667. The fourth-order valence-corrected chi connectivity index (χ4v) is 1.93. The molecule has 120 valence electrons. The summed E-state index contributed by atoms with van der Waals surface area (Å²) >= 11 is 0. The first kappa shape index (κ1) is 17.8. The highest BCUT2D eigenvalue weighted by Gasteiger charge is 2.52. The maximum Gasteiger partial charge on any atom is 0.333 e. The monoisotopic (exact) mass is 300 g/mol. The molecule has 0 aromatic rings. The molecule has 0 aromatic heterocycles. The van der Waals surface area contributed by atoms with Crippen molar-refractivity contribution in [2.45, 2.75) is 38.4 Å². The normalized spacial score (nSPS) is 34.2. The second kappa shape index (κ2) is 7.17. The summed E-state index contributed by atoms with van der Waals surface area (Å²) in [5, 5.41) is 0. The van der Waals surface area contributed by atoms with Gasteiger partial charge in [0, 0.05) is 19.8 Å². The summed E-state index contributed by atoms with van der Waals surface area (Å²) in [6.07, 6.45) is 4.87. The molecule has 1 heterocycles. The molecule has 0 spiro atoms. The molecule has 1 rings (SSSR count). The lowest BCUT2D eigenvalue weighted by Crippen LogP contribution is -2.62. The van der Waals surface area contributed by atoms with E-state index >= 15 is 0 Å². The molecule has 0 aromatic carbocycles. The average molecular weight is 300 g/mol. The summed E-state index contributed by atoms with van der Waals surface area (Å²) in [7, 11) is 4.42. The summed E-state index contributed by atoms with van der Waals surface area (Å²) < 4.78 is 27.0. The number of carbonyl (C=O) groups is 1. The van der Waals surface area contributed by atoms with E-state index in [4.69, 9.17) is 18.9 Å². The Balaban J connectivity index is 2.74. The highest BCUT2D eigenvalue weighted by molar-refractivity contribution is 5.87. The van der Waals surface area contributed by atoms with Crippen LogP contribution in [-0.2, 0) is 28.5 Å². The van der Waals surface area contributed by atoms with Gasteiger partial charge in [-0.25, -0.2) is 4.79 Å². The molecule has 6 heteroatoms. The molecule has 1 fully saturated rings. The predicted octanol–water partition coefficient (Wildman–Crippen LogP) is 1.80. The summed E-state index contributed by atoms with van der Waals surface area (Å²) in [5.41, 5.74) is 0.502. The lowest BCUT2D eigenvalue weighted by Gasteiger charge is -2.48. The Hall–Kier alpha value is -1.21. The molecule has 21 heavy (non-hydrogen) atoms. The van der Waals surface area contributed by atoms with Gasteiger partial charge in [0.15, 0.2) is 0 Å². The van der Waals surface area contributed by atoms with Crippen molar-refractivity contribution in [1.82, 2.24) is 0 Å². The molecule has 6 nitrogen and oxygen atoms in total. The number of allylic oxidation sites excluding steroid dienone is 2. The summed E-state index contributed by atoms with van der Waals surface area (Å²) in [4.78, 5) is 11.3. The van der Waals surface area contributed by atoms with Crippen LogP contribution in [0.5, 0.6) is 0 Å². The van der Waals surface area contributed by atoms with Gasteiger partial charge in [-0.15, -0.1) is 0 Å².